The number of ether oxygens (including phenoxy) is 5. The molecule has 2 fully saturated rings. The molecule has 6 unspecified atom stereocenters. The summed E-state index contributed by atoms with van der Waals surface area (Å²) in [5, 5.41) is 62.6. The molecule has 15 nitrogen and oxygen atoms in total. The van der Waals surface area contributed by atoms with Crippen LogP contribution in [0.3, 0.4) is 0 Å². The summed E-state index contributed by atoms with van der Waals surface area (Å²) in [6, 6.07) is 0. The Labute approximate surface area is 277 Å². The van der Waals surface area contributed by atoms with Gasteiger partial charge in [0.25, 0.3) is 0 Å². The Morgan fingerprint density at radius 2 is 0.787 bits per heavy atom. The summed E-state index contributed by atoms with van der Waals surface area (Å²) < 4.78 is 27.1. The van der Waals surface area contributed by atoms with Crippen LogP contribution in [0.5, 0.6) is 0 Å². The van der Waals surface area contributed by atoms with Crippen molar-refractivity contribution in [2.24, 2.45) is 11.5 Å². The number of aliphatic hydroxyl groups excluding tert-OH is 6. The number of nitrogens with two attached hydrogens (primary N) is 2. The van der Waals surface area contributed by atoms with Gasteiger partial charge < -0.3 is 65.8 Å². The third-order valence-corrected chi connectivity index (χ3v) is 8.59. The molecule has 0 saturated carbocycles. The van der Waals surface area contributed by atoms with Crippen LogP contribution in [0.15, 0.2) is 0 Å². The molecule has 0 aromatic heterocycles. The molecule has 276 valence electrons. The van der Waals surface area contributed by atoms with Gasteiger partial charge in [-0.15, -0.1) is 0 Å². The molecule has 2 aliphatic rings. The summed E-state index contributed by atoms with van der Waals surface area (Å²) in [7, 11) is 0. The van der Waals surface area contributed by atoms with Crippen molar-refractivity contribution in [2.75, 3.05) is 26.3 Å². The van der Waals surface area contributed by atoms with Gasteiger partial charge in [-0.25, -0.2) is 0 Å². The fraction of sp³-hybridized carbons (Fsp3) is 0.938. The van der Waals surface area contributed by atoms with Gasteiger partial charge in [-0.2, -0.15) is 0 Å². The minimum Gasteiger partial charge on any atom is -0.463 e. The van der Waals surface area contributed by atoms with Gasteiger partial charge in [0.2, 0.25) is 0 Å². The molecular weight excluding hydrogens is 620 g/mol. The molecule has 2 saturated heterocycles. The summed E-state index contributed by atoms with van der Waals surface area (Å²) in [6.45, 7) is 0.499. The second-order valence-corrected chi connectivity index (χ2v) is 12.6. The van der Waals surface area contributed by atoms with Crippen LogP contribution >= 0.6 is 0 Å². The highest BCUT2D eigenvalue weighted by Crippen LogP contribution is 2.28. The van der Waals surface area contributed by atoms with E-state index in [9.17, 15) is 40.2 Å². The molecule has 0 radical (unpaired) electrons. The van der Waals surface area contributed by atoms with E-state index in [1.807, 2.05) is 0 Å². The van der Waals surface area contributed by atoms with Crippen molar-refractivity contribution in [3.63, 3.8) is 0 Å². The third-order valence-electron chi connectivity index (χ3n) is 8.59. The molecule has 10 N–H and O–H groups in total. The summed E-state index contributed by atoms with van der Waals surface area (Å²) in [4.78, 5) is 24.5. The minimum absolute atomic E-state index is 0.167. The number of carbonyl (C=O) groups is 2. The van der Waals surface area contributed by atoms with Crippen LogP contribution in [0.4, 0.5) is 0 Å². The first kappa shape index (κ1) is 41.7. The van der Waals surface area contributed by atoms with Crippen molar-refractivity contribution in [1.29, 1.82) is 0 Å². The van der Waals surface area contributed by atoms with E-state index in [4.69, 9.17) is 35.2 Å². The fourth-order valence-electron chi connectivity index (χ4n) is 5.56. The van der Waals surface area contributed by atoms with Gasteiger partial charge in [0.15, 0.2) is 12.6 Å². The second-order valence-electron chi connectivity index (χ2n) is 12.6. The van der Waals surface area contributed by atoms with Crippen LogP contribution in [0.2, 0.25) is 0 Å². The number of aliphatic hydroxyl groups is 6. The SMILES string of the molecule is NCCCCCCCCCC(=O)OCC1O[C@H](O[C@H]2OC(COC(=O)CCCCCCCCCN)[C@@H](O)C(O)C2O)C(O)C(O)[C@@H]1O. The van der Waals surface area contributed by atoms with E-state index in [-0.39, 0.29) is 12.8 Å². The first-order valence-corrected chi connectivity index (χ1v) is 17.4. The number of rotatable bonds is 24. The van der Waals surface area contributed by atoms with Crippen molar-refractivity contribution < 1.29 is 63.9 Å². The number of hydrogen-bond acceptors (Lipinski definition) is 15. The number of carbonyl (C=O) groups excluding carboxylic acids is 2. The molecule has 10 atom stereocenters. The largest absolute Gasteiger partial charge is 0.463 e. The lowest BCUT2D eigenvalue weighted by Crippen LogP contribution is -2.64. The lowest BCUT2D eigenvalue weighted by molar-refractivity contribution is -0.376. The maximum atomic E-state index is 12.2. The number of hydrogen-bond donors (Lipinski definition) is 8. The number of unbranched alkanes of at least 4 members (excludes halogenated alkanes) is 12. The predicted octanol–water partition coefficient (Wildman–Crippen LogP) is -0.136. The first-order chi connectivity index (χ1) is 22.6. The highest BCUT2D eigenvalue weighted by atomic mass is 16.8. The zero-order chi connectivity index (χ0) is 34.6. The van der Waals surface area contributed by atoms with Crippen LogP contribution in [0, 0.1) is 0 Å². The molecule has 2 rings (SSSR count). The van der Waals surface area contributed by atoms with Crippen molar-refractivity contribution >= 4 is 11.9 Å². The molecule has 15 heteroatoms. The molecule has 0 aromatic rings. The van der Waals surface area contributed by atoms with E-state index >= 15 is 0 Å². The lowest BCUT2D eigenvalue weighted by atomic mass is 9.98. The fourth-order valence-corrected chi connectivity index (χ4v) is 5.56. The van der Waals surface area contributed by atoms with Crippen molar-refractivity contribution in [3.05, 3.63) is 0 Å². The molecular formula is C32H60N2O13. The van der Waals surface area contributed by atoms with Crippen LogP contribution in [-0.4, -0.2) is 130 Å². The van der Waals surface area contributed by atoms with Crippen molar-refractivity contribution in [2.45, 2.75) is 164 Å². The highest BCUT2D eigenvalue weighted by Gasteiger charge is 2.50. The highest BCUT2D eigenvalue weighted by molar-refractivity contribution is 5.69. The van der Waals surface area contributed by atoms with Gasteiger partial charge in [0, 0.05) is 12.8 Å². The van der Waals surface area contributed by atoms with E-state index in [1.165, 1.54) is 0 Å². The van der Waals surface area contributed by atoms with Crippen LogP contribution in [-0.2, 0) is 33.3 Å². The molecule has 0 aliphatic carbocycles. The Hall–Kier alpha value is -1.50. The standard InChI is InChI=1S/C32H60N2O13/c33-17-13-9-5-1-3-7-11-15-23(35)43-19-21-25(37)27(39)29(41)31(45-21)47-32-30(42)28(40)26(38)22(46-32)20-44-24(36)16-12-8-4-2-6-10-14-18-34/h21-22,25-32,37-42H,1-20,33-34H2/t21?,22?,25-,26-,27?,28?,29?,30?,31-,32-/m1/s1. The van der Waals surface area contributed by atoms with E-state index < -0.39 is 86.6 Å². The average molecular weight is 681 g/mol. The average Bonchev–Trinajstić information content (AvgIpc) is 3.06. The van der Waals surface area contributed by atoms with Crippen molar-refractivity contribution in [1.82, 2.24) is 0 Å². The van der Waals surface area contributed by atoms with Crippen LogP contribution in [0.25, 0.3) is 0 Å². The molecule has 0 aromatic carbocycles. The van der Waals surface area contributed by atoms with Crippen LogP contribution in [0.1, 0.15) is 103 Å². The second kappa shape index (κ2) is 23.8. The van der Waals surface area contributed by atoms with Gasteiger partial charge in [0.05, 0.1) is 0 Å². The summed E-state index contributed by atoms with van der Waals surface area (Å²) >= 11 is 0. The maximum Gasteiger partial charge on any atom is 0.305 e. The minimum atomic E-state index is -1.81. The maximum absolute atomic E-state index is 12.2. The van der Waals surface area contributed by atoms with E-state index in [1.54, 1.807) is 0 Å². The summed E-state index contributed by atoms with van der Waals surface area (Å²) in [5.41, 5.74) is 11.0. The van der Waals surface area contributed by atoms with Gasteiger partial charge in [0.1, 0.15) is 62.0 Å². The Bertz CT molecular complexity index is 790. The molecule has 47 heavy (non-hydrogen) atoms. The molecule has 2 aliphatic heterocycles. The van der Waals surface area contributed by atoms with Gasteiger partial charge in [-0.1, -0.05) is 64.2 Å². The zero-order valence-electron chi connectivity index (χ0n) is 27.6. The molecule has 0 amide bonds. The summed E-state index contributed by atoms with van der Waals surface area (Å²) in [5.74, 6) is -1.03. The Morgan fingerprint density at radius 3 is 1.13 bits per heavy atom. The van der Waals surface area contributed by atoms with E-state index in [2.05, 4.69) is 0 Å². The normalized spacial score (nSPS) is 31.1. The smallest absolute Gasteiger partial charge is 0.305 e. The Kier molecular flexibility index (Phi) is 21.1. The molecule has 0 bridgehead atoms. The number of esters is 2. The third kappa shape index (κ3) is 15.3. The Balaban J connectivity index is 1.79. The van der Waals surface area contributed by atoms with E-state index in [0.717, 1.165) is 77.0 Å². The van der Waals surface area contributed by atoms with Gasteiger partial charge in [-0.05, 0) is 38.8 Å². The topological polar surface area (TPSA) is 254 Å². The Morgan fingerprint density at radius 1 is 0.468 bits per heavy atom. The zero-order valence-corrected chi connectivity index (χ0v) is 27.6. The monoisotopic (exact) mass is 680 g/mol. The van der Waals surface area contributed by atoms with Crippen molar-refractivity contribution in [3.8, 4) is 0 Å². The molecule has 0 spiro atoms. The summed E-state index contributed by atoms with van der Waals surface area (Å²) in [6.07, 6.45) is -2.50. The first-order valence-electron chi connectivity index (χ1n) is 17.4. The molecule has 2 heterocycles. The van der Waals surface area contributed by atoms with Crippen LogP contribution < -0.4 is 11.5 Å². The quantitative estimate of drug-likeness (QED) is 0.0488. The van der Waals surface area contributed by atoms with Gasteiger partial charge in [-0.3, -0.25) is 9.59 Å². The van der Waals surface area contributed by atoms with E-state index in [0.29, 0.717) is 25.9 Å². The van der Waals surface area contributed by atoms with Gasteiger partial charge >= 0.3 is 11.9 Å². The lowest BCUT2D eigenvalue weighted by Gasteiger charge is -2.44. The predicted molar refractivity (Wildman–Crippen MR) is 168 cm³/mol.